The molecule has 3 rings (SSSR count). The monoisotopic (exact) mass is 279 g/mol. The van der Waals surface area contributed by atoms with E-state index in [0.29, 0.717) is 17.9 Å². The van der Waals surface area contributed by atoms with Crippen LogP contribution in [0.1, 0.15) is 44.6 Å². The van der Waals surface area contributed by atoms with Crippen molar-refractivity contribution in [1.29, 1.82) is 0 Å². The van der Waals surface area contributed by atoms with Gasteiger partial charge in [-0.2, -0.15) is 0 Å². The molecule has 1 saturated carbocycles. The highest BCUT2D eigenvalue weighted by Gasteiger charge is 2.31. The number of carbonyl (C=O) groups is 1. The Balaban J connectivity index is 0.00000133. The third-order valence-corrected chi connectivity index (χ3v) is 4.48. The molecule has 1 heterocycles. The van der Waals surface area contributed by atoms with E-state index in [9.17, 15) is 4.79 Å². The van der Waals surface area contributed by atoms with E-state index in [4.69, 9.17) is 0 Å². The van der Waals surface area contributed by atoms with E-state index in [1.807, 2.05) is 0 Å². The van der Waals surface area contributed by atoms with Crippen molar-refractivity contribution >= 4 is 23.9 Å². The number of hydrogen-bond donors (Lipinski definition) is 0. The van der Waals surface area contributed by atoms with E-state index in [1.54, 1.807) is 0 Å². The molecular formula is C16H22ClNO. The summed E-state index contributed by atoms with van der Waals surface area (Å²) in [4.78, 5) is 14.0. The number of nitrogens with zero attached hydrogens (tertiary/aromatic N) is 1. The van der Waals surface area contributed by atoms with Crippen molar-refractivity contribution < 1.29 is 4.79 Å². The van der Waals surface area contributed by atoms with Crippen LogP contribution in [0.5, 0.6) is 0 Å². The van der Waals surface area contributed by atoms with Gasteiger partial charge < -0.3 is 4.90 Å². The predicted molar refractivity (Wildman–Crippen MR) is 81.2 cm³/mol. The molecule has 2 aliphatic rings. The van der Waals surface area contributed by atoms with Crippen molar-refractivity contribution in [2.45, 2.75) is 57.5 Å². The summed E-state index contributed by atoms with van der Waals surface area (Å²) in [6, 6.07) is 9.95. The summed E-state index contributed by atoms with van der Waals surface area (Å²) in [5, 5.41) is 0. The fourth-order valence-corrected chi connectivity index (χ4v) is 3.47. The molecule has 1 unspecified atom stereocenters. The summed E-state index contributed by atoms with van der Waals surface area (Å²) in [6.07, 6.45) is 6.06. The molecule has 0 bridgehead atoms. The van der Waals surface area contributed by atoms with E-state index in [1.165, 1.54) is 24.1 Å². The lowest BCUT2D eigenvalue weighted by molar-refractivity contribution is -0.120. The molecular weight excluding hydrogens is 258 g/mol. The molecule has 1 aromatic rings. The van der Waals surface area contributed by atoms with Crippen LogP contribution < -0.4 is 4.90 Å². The molecule has 19 heavy (non-hydrogen) atoms. The topological polar surface area (TPSA) is 20.3 Å². The van der Waals surface area contributed by atoms with E-state index < -0.39 is 0 Å². The van der Waals surface area contributed by atoms with Crippen LogP contribution in [0, 0.1) is 0 Å². The van der Waals surface area contributed by atoms with Crippen molar-refractivity contribution in [2.75, 3.05) is 4.90 Å². The fourth-order valence-electron chi connectivity index (χ4n) is 3.47. The zero-order valence-electron chi connectivity index (χ0n) is 11.5. The third-order valence-electron chi connectivity index (χ3n) is 4.48. The Kier molecular flexibility index (Phi) is 4.51. The van der Waals surface area contributed by atoms with Gasteiger partial charge in [-0.05, 0) is 44.2 Å². The number of halogens is 1. The van der Waals surface area contributed by atoms with Crippen molar-refractivity contribution in [3.63, 3.8) is 0 Å². The highest BCUT2D eigenvalue weighted by molar-refractivity contribution is 5.85. The van der Waals surface area contributed by atoms with E-state index >= 15 is 0 Å². The molecule has 1 aliphatic heterocycles. The van der Waals surface area contributed by atoms with Crippen LogP contribution in [0.2, 0.25) is 0 Å². The molecule has 1 aliphatic carbocycles. The van der Waals surface area contributed by atoms with Crippen molar-refractivity contribution in [3.05, 3.63) is 29.8 Å². The first-order valence-electron chi connectivity index (χ1n) is 7.13. The Morgan fingerprint density at radius 1 is 1.05 bits per heavy atom. The quantitative estimate of drug-likeness (QED) is 0.780. The maximum Gasteiger partial charge on any atom is 0.133 e. The van der Waals surface area contributed by atoms with Gasteiger partial charge in [-0.1, -0.05) is 18.2 Å². The number of anilines is 1. The first-order chi connectivity index (χ1) is 8.75. The Morgan fingerprint density at radius 3 is 2.47 bits per heavy atom. The average Bonchev–Trinajstić information content (AvgIpc) is 2.40. The molecule has 0 radical (unpaired) electrons. The molecule has 2 nitrogen and oxygen atoms in total. The van der Waals surface area contributed by atoms with Crippen LogP contribution in [0.4, 0.5) is 5.69 Å². The van der Waals surface area contributed by atoms with Gasteiger partial charge >= 0.3 is 0 Å². The van der Waals surface area contributed by atoms with Gasteiger partial charge in [0, 0.05) is 30.6 Å². The van der Waals surface area contributed by atoms with Gasteiger partial charge in [-0.15, -0.1) is 12.4 Å². The SMILES string of the molecule is CC1CCc2ccccc2N1C1CCC(=O)CC1.Cl. The van der Waals surface area contributed by atoms with E-state index in [-0.39, 0.29) is 12.4 Å². The minimum absolute atomic E-state index is 0. The number of ketones is 1. The van der Waals surface area contributed by atoms with Gasteiger partial charge in [0.05, 0.1) is 0 Å². The maximum absolute atomic E-state index is 11.4. The molecule has 0 N–H and O–H groups in total. The maximum atomic E-state index is 11.4. The van der Waals surface area contributed by atoms with Crippen molar-refractivity contribution in [1.82, 2.24) is 0 Å². The number of Topliss-reactive ketones (excluding diaryl/α,β-unsaturated/α-hetero) is 1. The molecule has 104 valence electrons. The normalized spacial score (nSPS) is 23.7. The van der Waals surface area contributed by atoms with Crippen LogP contribution in [0.3, 0.4) is 0 Å². The number of hydrogen-bond acceptors (Lipinski definition) is 2. The van der Waals surface area contributed by atoms with Gasteiger partial charge in [0.1, 0.15) is 5.78 Å². The summed E-state index contributed by atoms with van der Waals surface area (Å²) >= 11 is 0. The van der Waals surface area contributed by atoms with Gasteiger partial charge in [0.15, 0.2) is 0 Å². The van der Waals surface area contributed by atoms with Crippen LogP contribution in [-0.2, 0) is 11.2 Å². The van der Waals surface area contributed by atoms with Crippen molar-refractivity contribution in [2.24, 2.45) is 0 Å². The Hall–Kier alpha value is -1.02. The molecule has 0 aromatic heterocycles. The van der Waals surface area contributed by atoms with Gasteiger partial charge in [0.2, 0.25) is 0 Å². The Labute approximate surface area is 121 Å². The van der Waals surface area contributed by atoms with Crippen LogP contribution in [0.15, 0.2) is 24.3 Å². The van der Waals surface area contributed by atoms with Gasteiger partial charge in [0.25, 0.3) is 0 Å². The minimum atomic E-state index is 0. The van der Waals surface area contributed by atoms with Gasteiger partial charge in [-0.25, -0.2) is 0 Å². The molecule has 3 heteroatoms. The minimum Gasteiger partial charge on any atom is -0.366 e. The molecule has 1 aromatic carbocycles. The number of aryl methyl sites for hydroxylation is 1. The number of benzene rings is 1. The van der Waals surface area contributed by atoms with E-state index in [0.717, 1.165) is 25.7 Å². The second kappa shape index (κ2) is 5.96. The smallest absolute Gasteiger partial charge is 0.133 e. The molecule has 1 fully saturated rings. The van der Waals surface area contributed by atoms with E-state index in [2.05, 4.69) is 36.1 Å². The molecule has 0 amide bonds. The summed E-state index contributed by atoms with van der Waals surface area (Å²) < 4.78 is 0. The lowest BCUT2D eigenvalue weighted by atomic mass is 9.88. The zero-order chi connectivity index (χ0) is 12.5. The first-order valence-corrected chi connectivity index (χ1v) is 7.13. The van der Waals surface area contributed by atoms with Crippen LogP contribution >= 0.6 is 12.4 Å². The Bertz CT molecular complexity index is 450. The largest absolute Gasteiger partial charge is 0.366 e. The summed E-state index contributed by atoms with van der Waals surface area (Å²) in [6.45, 7) is 2.33. The number of para-hydroxylation sites is 1. The zero-order valence-corrected chi connectivity index (χ0v) is 12.3. The van der Waals surface area contributed by atoms with Crippen molar-refractivity contribution in [3.8, 4) is 0 Å². The predicted octanol–water partition coefficient (Wildman–Crippen LogP) is 3.76. The summed E-state index contributed by atoms with van der Waals surface area (Å²) in [5.41, 5.74) is 2.89. The third kappa shape index (κ3) is 2.79. The van der Waals surface area contributed by atoms with Crippen LogP contribution in [-0.4, -0.2) is 17.9 Å². The average molecular weight is 280 g/mol. The Morgan fingerprint density at radius 2 is 1.74 bits per heavy atom. The summed E-state index contributed by atoms with van der Waals surface area (Å²) in [7, 11) is 0. The number of rotatable bonds is 1. The first kappa shape index (κ1) is 14.4. The highest BCUT2D eigenvalue weighted by Crippen LogP contribution is 2.35. The number of fused-ring (bicyclic) bond motifs is 1. The molecule has 1 atom stereocenters. The summed E-state index contributed by atoms with van der Waals surface area (Å²) in [5.74, 6) is 0.448. The van der Waals surface area contributed by atoms with Gasteiger partial charge in [-0.3, -0.25) is 4.79 Å². The number of carbonyl (C=O) groups excluding carboxylic acids is 1. The highest BCUT2D eigenvalue weighted by atomic mass is 35.5. The fraction of sp³-hybridized carbons (Fsp3) is 0.562. The molecule has 0 spiro atoms. The van der Waals surface area contributed by atoms with Crippen LogP contribution in [0.25, 0.3) is 0 Å². The standard InChI is InChI=1S/C16H21NO.ClH/c1-12-6-7-13-4-2-3-5-16(13)17(12)14-8-10-15(18)11-9-14;/h2-5,12,14H,6-11H2,1H3;1H. The second-order valence-electron chi connectivity index (χ2n) is 5.69. The second-order valence-corrected chi connectivity index (χ2v) is 5.69. The lowest BCUT2D eigenvalue weighted by Crippen LogP contribution is -2.46. The molecule has 0 saturated heterocycles. The lowest BCUT2D eigenvalue weighted by Gasteiger charge is -2.44.